The molecule has 1 unspecified atom stereocenters. The summed E-state index contributed by atoms with van der Waals surface area (Å²) < 4.78 is 8.58. The summed E-state index contributed by atoms with van der Waals surface area (Å²) in [6.45, 7) is 17.8. The number of fused-ring (bicyclic) bond motifs is 10. The van der Waals surface area contributed by atoms with E-state index >= 15 is 0 Å². The van der Waals surface area contributed by atoms with Gasteiger partial charge in [0.2, 0.25) is 0 Å². The second-order valence-electron chi connectivity index (χ2n) is 16.7. The van der Waals surface area contributed by atoms with Crippen LogP contribution in [-0.2, 0) is 0 Å². The van der Waals surface area contributed by atoms with Crippen LogP contribution in [0.2, 0.25) is 0 Å². The third kappa shape index (κ3) is 5.67. The van der Waals surface area contributed by atoms with Gasteiger partial charge in [0.05, 0.1) is 22.6 Å². The minimum Gasteiger partial charge on any atom is -0.456 e. The molecular weight excluding hydrogens is 765 g/mol. The minimum atomic E-state index is 0.0130. The Bertz CT molecular complexity index is 4030. The Morgan fingerprint density at radius 1 is 0.587 bits per heavy atom. The van der Waals surface area contributed by atoms with Gasteiger partial charge in [-0.2, -0.15) is 0 Å². The molecule has 0 bridgehead atoms. The molecule has 3 heterocycles. The van der Waals surface area contributed by atoms with E-state index in [9.17, 15) is 0 Å². The standard InChI is InChI=1S/C60H42N2O/c1-5-13-46-38(3)39(4)53(48-15-7-6-14-47(46)48)34-37(2)61(45-30-24-41(25-31-45)43-27-33-59-55(36-43)50-17-9-11-21-58(50)63-59)44-28-22-40(23-29-44)42-26-32-57-54(35-42)52-19-12-18-51-49-16-8-10-20-56(49)62(57)60(51)52/h5-30,32-36,45H,1-4,31H2. The van der Waals surface area contributed by atoms with Crippen molar-refractivity contribution in [3.05, 3.63) is 221 Å². The summed E-state index contributed by atoms with van der Waals surface area (Å²) in [5, 5.41) is 13.5. The van der Waals surface area contributed by atoms with E-state index < -0.39 is 0 Å². The molecule has 8 aromatic carbocycles. The number of aromatic nitrogens is 1. The van der Waals surface area contributed by atoms with Crippen LogP contribution in [0.5, 0.6) is 0 Å². The highest BCUT2D eigenvalue weighted by molar-refractivity contribution is 6.23. The third-order valence-corrected chi connectivity index (χ3v) is 13.2. The van der Waals surface area contributed by atoms with Gasteiger partial charge in [-0.1, -0.05) is 160 Å². The van der Waals surface area contributed by atoms with Crippen molar-refractivity contribution in [2.24, 2.45) is 0 Å². The van der Waals surface area contributed by atoms with Crippen molar-refractivity contribution in [1.82, 2.24) is 4.40 Å². The first-order chi connectivity index (χ1) is 30.9. The van der Waals surface area contributed by atoms with Crippen LogP contribution in [-0.4, -0.2) is 10.4 Å². The Kier molecular flexibility index (Phi) is 8.28. The summed E-state index contributed by atoms with van der Waals surface area (Å²) in [5.41, 5.74) is 12.2. The number of nitrogens with zero attached hydrogens (tertiary/aromatic N) is 2. The molecular formula is C60H42N2O. The highest BCUT2D eigenvalue weighted by Gasteiger charge is 2.22. The van der Waals surface area contributed by atoms with Gasteiger partial charge in [0.1, 0.15) is 11.2 Å². The molecule has 3 nitrogen and oxygen atoms in total. The molecule has 3 heteroatoms. The van der Waals surface area contributed by atoms with Gasteiger partial charge in [-0.05, 0) is 115 Å². The van der Waals surface area contributed by atoms with Crippen molar-refractivity contribution >= 4 is 107 Å². The molecule has 0 saturated heterocycles. The summed E-state index contributed by atoms with van der Waals surface area (Å²) in [6.07, 6.45) is 13.8. The van der Waals surface area contributed by atoms with Crippen LogP contribution in [0.4, 0.5) is 5.69 Å². The van der Waals surface area contributed by atoms with E-state index in [0.717, 1.165) is 77.0 Å². The van der Waals surface area contributed by atoms with E-state index in [2.05, 4.69) is 193 Å². The fourth-order valence-electron chi connectivity index (χ4n) is 10.2. The lowest BCUT2D eigenvalue weighted by Crippen LogP contribution is -2.47. The highest BCUT2D eigenvalue weighted by Crippen LogP contribution is 2.41. The number of allylic oxidation sites excluding steroid dienone is 4. The molecule has 11 aromatic rings. The zero-order valence-electron chi connectivity index (χ0n) is 34.8. The Hall–Kier alpha value is -8.14. The molecule has 0 amide bonds. The first-order valence-electron chi connectivity index (χ1n) is 21.5. The van der Waals surface area contributed by atoms with E-state index in [1.165, 1.54) is 54.8 Å². The normalized spacial score (nSPS) is 14.9. The third-order valence-electron chi connectivity index (χ3n) is 13.2. The van der Waals surface area contributed by atoms with Gasteiger partial charge in [-0.25, -0.2) is 0 Å². The van der Waals surface area contributed by atoms with Gasteiger partial charge in [0.25, 0.3) is 0 Å². The maximum Gasteiger partial charge on any atom is 0.135 e. The molecule has 298 valence electrons. The zero-order chi connectivity index (χ0) is 42.3. The van der Waals surface area contributed by atoms with Gasteiger partial charge in [-0.15, -0.1) is 0 Å². The highest BCUT2D eigenvalue weighted by atomic mass is 16.3. The fraction of sp³-hybridized carbons (Fsp3) is 0.0333. The number of hydrogen-bond donors (Lipinski definition) is 0. The monoisotopic (exact) mass is 806 g/mol. The van der Waals surface area contributed by atoms with Crippen molar-refractivity contribution in [1.29, 1.82) is 0 Å². The summed E-state index contributed by atoms with van der Waals surface area (Å²) in [4.78, 5) is 2.36. The molecule has 0 radical (unpaired) electrons. The van der Waals surface area contributed by atoms with Crippen molar-refractivity contribution in [3.63, 3.8) is 0 Å². The lowest BCUT2D eigenvalue weighted by atomic mass is 9.94. The molecule has 12 rings (SSSR count). The average molecular weight is 807 g/mol. The average Bonchev–Trinajstić information content (AvgIpc) is 3.99. The molecule has 0 fully saturated rings. The first-order valence-corrected chi connectivity index (χ1v) is 21.5. The Morgan fingerprint density at radius 2 is 1.21 bits per heavy atom. The van der Waals surface area contributed by atoms with E-state index in [4.69, 9.17) is 11.0 Å². The molecule has 63 heavy (non-hydrogen) atoms. The molecule has 0 spiro atoms. The van der Waals surface area contributed by atoms with Crippen LogP contribution in [0.25, 0.3) is 113 Å². The molecule has 1 aliphatic rings. The number of rotatable bonds is 7. The van der Waals surface area contributed by atoms with E-state index in [-0.39, 0.29) is 6.04 Å². The van der Waals surface area contributed by atoms with Crippen LogP contribution in [0, 0.1) is 0 Å². The summed E-state index contributed by atoms with van der Waals surface area (Å²) >= 11 is 0. The van der Waals surface area contributed by atoms with E-state index in [1.807, 2.05) is 24.3 Å². The first kappa shape index (κ1) is 36.7. The van der Waals surface area contributed by atoms with Crippen LogP contribution < -0.4 is 25.8 Å². The van der Waals surface area contributed by atoms with Crippen molar-refractivity contribution in [2.75, 3.05) is 4.90 Å². The molecule has 1 atom stereocenters. The second kappa shape index (κ2) is 14.2. The van der Waals surface area contributed by atoms with Gasteiger partial charge < -0.3 is 13.7 Å². The quantitative estimate of drug-likeness (QED) is 0.160. The van der Waals surface area contributed by atoms with Crippen LogP contribution in [0.1, 0.15) is 12.0 Å². The molecule has 0 N–H and O–H groups in total. The summed E-state index contributed by atoms with van der Waals surface area (Å²) in [6, 6.07) is 54.5. The fourth-order valence-corrected chi connectivity index (χ4v) is 10.2. The van der Waals surface area contributed by atoms with Gasteiger partial charge in [0.15, 0.2) is 0 Å². The largest absolute Gasteiger partial charge is 0.456 e. The molecule has 1 aliphatic carbocycles. The Labute approximate surface area is 364 Å². The van der Waals surface area contributed by atoms with Crippen molar-refractivity contribution < 1.29 is 4.42 Å². The van der Waals surface area contributed by atoms with E-state index in [1.54, 1.807) is 0 Å². The number of anilines is 1. The predicted octanol–water partition coefficient (Wildman–Crippen LogP) is 12.6. The smallest absolute Gasteiger partial charge is 0.135 e. The molecule has 0 aliphatic heterocycles. The lowest BCUT2D eigenvalue weighted by Gasteiger charge is -2.33. The Morgan fingerprint density at radius 3 is 1.98 bits per heavy atom. The van der Waals surface area contributed by atoms with Crippen molar-refractivity contribution in [3.8, 4) is 11.1 Å². The second-order valence-corrected chi connectivity index (χ2v) is 16.7. The maximum absolute atomic E-state index is 6.15. The van der Waals surface area contributed by atoms with Crippen LogP contribution in [0.15, 0.2) is 199 Å². The number of furan rings is 1. The number of hydrogen-bond acceptors (Lipinski definition) is 2. The summed E-state index contributed by atoms with van der Waals surface area (Å²) in [7, 11) is 0. The maximum atomic E-state index is 6.15. The topological polar surface area (TPSA) is 20.8 Å². The summed E-state index contributed by atoms with van der Waals surface area (Å²) in [5.74, 6) is 0. The number of benzene rings is 8. The van der Waals surface area contributed by atoms with Crippen LogP contribution in [0.3, 0.4) is 0 Å². The lowest BCUT2D eigenvalue weighted by molar-refractivity contribution is 0.669. The van der Waals surface area contributed by atoms with Crippen molar-refractivity contribution in [2.45, 2.75) is 12.5 Å². The molecule has 3 aromatic heterocycles. The van der Waals surface area contributed by atoms with Crippen LogP contribution >= 0.6 is 0 Å². The SMILES string of the molecule is C=CC=c1c(=C)c(=C)c(=CC(=C)N(c2ccc(-c3ccc4c(c3)c3cccc5c6ccccc6n4c53)cc2)C2C=CC(c3ccc4oc5ccccc5c4c3)=CC2)c2ccccc12. The van der Waals surface area contributed by atoms with E-state index in [0.29, 0.717) is 0 Å². The minimum absolute atomic E-state index is 0.0130. The zero-order valence-corrected chi connectivity index (χ0v) is 34.8. The van der Waals surface area contributed by atoms with Gasteiger partial charge in [-0.3, -0.25) is 0 Å². The van der Waals surface area contributed by atoms with Gasteiger partial charge in [0, 0.05) is 43.7 Å². The predicted molar refractivity (Wildman–Crippen MR) is 270 cm³/mol. The van der Waals surface area contributed by atoms with Gasteiger partial charge >= 0.3 is 0 Å². The molecule has 0 saturated carbocycles. The number of para-hydroxylation sites is 3. The Balaban J connectivity index is 0.948.